The van der Waals surface area contributed by atoms with Crippen LogP contribution in [0.4, 0.5) is 0 Å². The highest BCUT2D eigenvalue weighted by Gasteiger charge is 2.21. The maximum absolute atomic E-state index is 9.24. The Labute approximate surface area is 123 Å². The quantitative estimate of drug-likeness (QED) is 0.698. The van der Waals surface area contributed by atoms with Crippen LogP contribution in [0, 0.1) is 11.3 Å². The van der Waals surface area contributed by atoms with Crippen LogP contribution in [-0.2, 0) is 6.42 Å². The van der Waals surface area contributed by atoms with E-state index in [1.54, 1.807) is 0 Å². The summed E-state index contributed by atoms with van der Waals surface area (Å²) in [6, 6.07) is 10.6. The molecular formula is C17H26N2O. The first kappa shape index (κ1) is 16.5. The summed E-state index contributed by atoms with van der Waals surface area (Å²) < 4.78 is 5.76. The third-order valence-electron chi connectivity index (χ3n) is 3.41. The number of aryl methyl sites for hydroxylation is 1. The Morgan fingerprint density at radius 3 is 2.80 bits per heavy atom. The number of benzene rings is 1. The van der Waals surface area contributed by atoms with E-state index in [0.29, 0.717) is 6.61 Å². The van der Waals surface area contributed by atoms with Crippen molar-refractivity contribution in [3.05, 3.63) is 29.8 Å². The molecule has 1 N–H and O–H groups in total. The van der Waals surface area contributed by atoms with E-state index in [2.05, 4.69) is 37.4 Å². The van der Waals surface area contributed by atoms with E-state index in [0.717, 1.165) is 38.0 Å². The van der Waals surface area contributed by atoms with Gasteiger partial charge < -0.3 is 4.74 Å². The lowest BCUT2D eigenvalue weighted by Crippen LogP contribution is -2.41. The van der Waals surface area contributed by atoms with Gasteiger partial charge in [0.25, 0.3) is 0 Å². The van der Waals surface area contributed by atoms with Gasteiger partial charge in [0.05, 0.1) is 12.7 Å². The predicted octanol–water partition coefficient (Wildman–Crippen LogP) is 3.69. The van der Waals surface area contributed by atoms with Gasteiger partial charge in [-0.3, -0.25) is 5.32 Å². The van der Waals surface area contributed by atoms with Crippen LogP contribution in [0.15, 0.2) is 24.3 Å². The molecule has 0 aromatic heterocycles. The Morgan fingerprint density at radius 2 is 2.15 bits per heavy atom. The second-order valence-corrected chi connectivity index (χ2v) is 5.32. The third-order valence-corrected chi connectivity index (χ3v) is 3.41. The van der Waals surface area contributed by atoms with Crippen molar-refractivity contribution in [3.63, 3.8) is 0 Å². The summed E-state index contributed by atoms with van der Waals surface area (Å²) >= 11 is 0. The standard InChI is InChI=1S/C17H26N2O/c1-4-11-19-17(3,14-18)10-7-12-20-16-9-6-8-15(5-2)13-16/h6,8-9,13,19H,4-5,7,10-12H2,1-3H3. The largest absolute Gasteiger partial charge is 0.494 e. The molecular weight excluding hydrogens is 248 g/mol. The number of hydrogen-bond acceptors (Lipinski definition) is 3. The third kappa shape index (κ3) is 5.63. The van der Waals surface area contributed by atoms with Crippen LogP contribution in [0.2, 0.25) is 0 Å². The molecule has 0 spiro atoms. The first-order chi connectivity index (χ1) is 9.63. The fourth-order valence-corrected chi connectivity index (χ4v) is 2.06. The molecule has 0 saturated carbocycles. The minimum atomic E-state index is -0.440. The molecule has 0 radical (unpaired) electrons. The fourth-order valence-electron chi connectivity index (χ4n) is 2.06. The lowest BCUT2D eigenvalue weighted by molar-refractivity contribution is 0.285. The molecule has 0 amide bonds. The van der Waals surface area contributed by atoms with Crippen molar-refractivity contribution in [1.29, 1.82) is 5.26 Å². The molecule has 0 bridgehead atoms. The zero-order chi connectivity index (χ0) is 14.8. The van der Waals surface area contributed by atoms with E-state index >= 15 is 0 Å². The summed E-state index contributed by atoms with van der Waals surface area (Å²) in [5, 5.41) is 12.5. The van der Waals surface area contributed by atoms with E-state index in [1.807, 2.05) is 19.1 Å². The van der Waals surface area contributed by atoms with Gasteiger partial charge in [0.2, 0.25) is 0 Å². The van der Waals surface area contributed by atoms with Gasteiger partial charge in [-0.05, 0) is 56.8 Å². The first-order valence-electron chi connectivity index (χ1n) is 7.51. The monoisotopic (exact) mass is 274 g/mol. The summed E-state index contributed by atoms with van der Waals surface area (Å²) in [5.74, 6) is 0.921. The van der Waals surface area contributed by atoms with Crippen LogP contribution in [-0.4, -0.2) is 18.7 Å². The molecule has 1 unspecified atom stereocenters. The van der Waals surface area contributed by atoms with Gasteiger partial charge in [-0.15, -0.1) is 0 Å². The van der Waals surface area contributed by atoms with E-state index in [9.17, 15) is 5.26 Å². The first-order valence-corrected chi connectivity index (χ1v) is 7.51. The van der Waals surface area contributed by atoms with Crippen molar-refractivity contribution in [2.45, 2.75) is 52.0 Å². The van der Waals surface area contributed by atoms with Crippen LogP contribution in [0.3, 0.4) is 0 Å². The van der Waals surface area contributed by atoms with Gasteiger partial charge in [-0.1, -0.05) is 26.0 Å². The lowest BCUT2D eigenvalue weighted by Gasteiger charge is -2.23. The highest BCUT2D eigenvalue weighted by Crippen LogP contribution is 2.16. The molecule has 3 nitrogen and oxygen atoms in total. The summed E-state index contributed by atoms with van der Waals surface area (Å²) in [5.41, 5.74) is 0.846. The van der Waals surface area contributed by atoms with Crippen LogP contribution in [0.25, 0.3) is 0 Å². The van der Waals surface area contributed by atoms with Gasteiger partial charge in [0.15, 0.2) is 0 Å². The summed E-state index contributed by atoms with van der Waals surface area (Å²) in [6.07, 6.45) is 3.73. The molecule has 1 atom stereocenters. The molecule has 0 aliphatic carbocycles. The molecule has 0 heterocycles. The number of nitriles is 1. The van der Waals surface area contributed by atoms with Crippen molar-refractivity contribution in [3.8, 4) is 11.8 Å². The van der Waals surface area contributed by atoms with Crippen molar-refractivity contribution < 1.29 is 4.74 Å². The SMILES string of the molecule is CCCNC(C)(C#N)CCCOc1cccc(CC)c1. The van der Waals surface area contributed by atoms with Crippen LogP contribution in [0.5, 0.6) is 5.75 Å². The lowest BCUT2D eigenvalue weighted by atomic mass is 9.98. The van der Waals surface area contributed by atoms with Crippen molar-refractivity contribution >= 4 is 0 Å². The summed E-state index contributed by atoms with van der Waals surface area (Å²) in [6.45, 7) is 7.73. The van der Waals surface area contributed by atoms with Crippen LogP contribution in [0.1, 0.15) is 45.6 Å². The van der Waals surface area contributed by atoms with Crippen molar-refractivity contribution in [1.82, 2.24) is 5.32 Å². The van der Waals surface area contributed by atoms with Crippen molar-refractivity contribution in [2.75, 3.05) is 13.2 Å². The maximum atomic E-state index is 9.24. The highest BCUT2D eigenvalue weighted by molar-refractivity contribution is 5.28. The van der Waals surface area contributed by atoms with E-state index < -0.39 is 5.54 Å². The second-order valence-electron chi connectivity index (χ2n) is 5.32. The topological polar surface area (TPSA) is 45.0 Å². The molecule has 0 fully saturated rings. The zero-order valence-corrected chi connectivity index (χ0v) is 12.9. The second kappa shape index (κ2) is 8.60. The van der Waals surface area contributed by atoms with Gasteiger partial charge in [-0.25, -0.2) is 0 Å². The number of nitrogens with one attached hydrogen (secondary N) is 1. The predicted molar refractivity (Wildman–Crippen MR) is 82.9 cm³/mol. The van der Waals surface area contributed by atoms with Gasteiger partial charge in [0.1, 0.15) is 11.3 Å². The molecule has 0 saturated heterocycles. The summed E-state index contributed by atoms with van der Waals surface area (Å²) in [4.78, 5) is 0. The van der Waals surface area contributed by atoms with Gasteiger partial charge >= 0.3 is 0 Å². The minimum Gasteiger partial charge on any atom is -0.494 e. The zero-order valence-electron chi connectivity index (χ0n) is 12.9. The fraction of sp³-hybridized carbons (Fsp3) is 0.588. The average molecular weight is 274 g/mol. The van der Waals surface area contributed by atoms with E-state index in [-0.39, 0.29) is 0 Å². The average Bonchev–Trinajstić information content (AvgIpc) is 2.50. The minimum absolute atomic E-state index is 0.440. The Morgan fingerprint density at radius 1 is 1.35 bits per heavy atom. The van der Waals surface area contributed by atoms with Crippen molar-refractivity contribution in [2.24, 2.45) is 0 Å². The molecule has 1 aromatic carbocycles. The number of ether oxygens (including phenoxy) is 1. The normalized spacial score (nSPS) is 13.5. The summed E-state index contributed by atoms with van der Waals surface area (Å²) in [7, 11) is 0. The molecule has 1 aromatic rings. The molecule has 1 rings (SSSR count). The maximum Gasteiger partial charge on any atom is 0.119 e. The Hall–Kier alpha value is -1.53. The Bertz CT molecular complexity index is 439. The van der Waals surface area contributed by atoms with E-state index in [1.165, 1.54) is 5.56 Å². The number of rotatable bonds is 9. The molecule has 3 heteroatoms. The Kier molecular flexibility index (Phi) is 7.11. The van der Waals surface area contributed by atoms with Gasteiger partial charge in [0, 0.05) is 0 Å². The number of nitrogens with zero attached hydrogens (tertiary/aromatic N) is 1. The van der Waals surface area contributed by atoms with Gasteiger partial charge in [-0.2, -0.15) is 5.26 Å². The van der Waals surface area contributed by atoms with E-state index in [4.69, 9.17) is 4.74 Å². The van der Waals surface area contributed by atoms with Crippen LogP contribution >= 0.6 is 0 Å². The molecule has 110 valence electrons. The number of hydrogen-bond donors (Lipinski definition) is 1. The highest BCUT2D eigenvalue weighted by atomic mass is 16.5. The molecule has 0 aliphatic rings. The molecule has 0 aliphatic heterocycles. The molecule has 20 heavy (non-hydrogen) atoms. The Balaban J connectivity index is 2.35. The van der Waals surface area contributed by atoms with Crippen LogP contribution < -0.4 is 10.1 Å². The smallest absolute Gasteiger partial charge is 0.119 e.